The maximum atomic E-state index is 12.5. The van der Waals surface area contributed by atoms with Gasteiger partial charge in [0.2, 0.25) is 11.4 Å². The topological polar surface area (TPSA) is 99.0 Å². The molecule has 4 rings (SSSR count). The number of aromatic nitrogens is 4. The smallest absolute Gasteiger partial charge is 0.289 e. The quantitative estimate of drug-likeness (QED) is 0.256. The number of aromatic amines is 2. The number of hydrazone groups is 1. The van der Waals surface area contributed by atoms with Crippen molar-refractivity contribution in [1.29, 1.82) is 0 Å². The predicted octanol–water partition coefficient (Wildman–Crippen LogP) is 3.07. The molecule has 1 amide bonds. The highest BCUT2D eigenvalue weighted by molar-refractivity contribution is 5.94. The van der Waals surface area contributed by atoms with E-state index in [1.807, 2.05) is 73.1 Å². The van der Waals surface area contributed by atoms with Crippen LogP contribution in [0.4, 0.5) is 0 Å². The van der Waals surface area contributed by atoms with Gasteiger partial charge in [-0.3, -0.25) is 9.89 Å². The molecule has 0 aliphatic carbocycles. The molecule has 2 aromatic carbocycles. The third kappa shape index (κ3) is 4.09. The van der Waals surface area contributed by atoms with Gasteiger partial charge in [0, 0.05) is 24.6 Å². The lowest BCUT2D eigenvalue weighted by Gasteiger charge is -2.04. The second-order valence-electron chi connectivity index (χ2n) is 6.97. The van der Waals surface area contributed by atoms with Crippen LogP contribution in [0.15, 0.2) is 65.8 Å². The molecule has 0 unspecified atom stereocenters. The van der Waals surface area contributed by atoms with Crippen molar-refractivity contribution in [3.63, 3.8) is 0 Å². The van der Waals surface area contributed by atoms with Crippen LogP contribution in [-0.4, -0.2) is 34.5 Å². The van der Waals surface area contributed by atoms with Crippen LogP contribution in [0.1, 0.15) is 27.4 Å². The number of hydrogen-bond acceptors (Lipinski definition) is 4. The largest absolute Gasteiger partial charge is 0.496 e. The van der Waals surface area contributed by atoms with E-state index in [0.717, 1.165) is 28.2 Å². The molecule has 31 heavy (non-hydrogen) atoms. The van der Waals surface area contributed by atoms with Crippen LogP contribution in [0.5, 0.6) is 5.75 Å². The summed E-state index contributed by atoms with van der Waals surface area (Å²) < 4.78 is 7.34. The van der Waals surface area contributed by atoms with Gasteiger partial charge < -0.3 is 4.74 Å². The van der Waals surface area contributed by atoms with E-state index in [0.29, 0.717) is 17.1 Å². The molecule has 0 spiro atoms. The highest BCUT2D eigenvalue weighted by atomic mass is 16.5. The first kappa shape index (κ1) is 20.1. The standard InChI is InChI=1S/C23H22N6O2/c1-15-19(16(2)29(28-15)17-9-5-4-6-10-17)14-24-27-23(30)21-13-20(25-26-21)18-11-7-8-12-22(18)31-3/h4-14H,1-3H3,(H2,25,26,27,30)/p+1/b24-14+. The number of nitrogens with one attached hydrogen (secondary N) is 3. The number of benzene rings is 2. The summed E-state index contributed by atoms with van der Waals surface area (Å²) in [5, 5.41) is 14.4. The lowest BCUT2D eigenvalue weighted by molar-refractivity contribution is -0.661. The second-order valence-corrected chi connectivity index (χ2v) is 6.97. The maximum Gasteiger partial charge on any atom is 0.289 e. The van der Waals surface area contributed by atoms with E-state index in [2.05, 4.69) is 25.8 Å². The monoisotopic (exact) mass is 415 g/mol. The van der Waals surface area contributed by atoms with Gasteiger partial charge in [-0.1, -0.05) is 35.0 Å². The van der Waals surface area contributed by atoms with Crippen molar-refractivity contribution in [2.24, 2.45) is 5.10 Å². The van der Waals surface area contributed by atoms with Gasteiger partial charge in [-0.25, -0.2) is 5.43 Å². The minimum absolute atomic E-state index is 0.305. The van der Waals surface area contributed by atoms with Crippen LogP contribution in [0.3, 0.4) is 0 Å². The summed E-state index contributed by atoms with van der Waals surface area (Å²) in [6.07, 6.45) is 1.63. The molecule has 2 aromatic heterocycles. The number of para-hydroxylation sites is 2. The summed E-state index contributed by atoms with van der Waals surface area (Å²) in [4.78, 5) is 12.5. The van der Waals surface area contributed by atoms with Crippen molar-refractivity contribution >= 4 is 12.1 Å². The van der Waals surface area contributed by atoms with Crippen LogP contribution in [0.25, 0.3) is 16.9 Å². The third-order valence-corrected chi connectivity index (χ3v) is 4.99. The molecular weight excluding hydrogens is 392 g/mol. The number of rotatable bonds is 6. The molecule has 0 aliphatic heterocycles. The SMILES string of the molecule is COc1ccccc1-c1cc(C(=O)N/N=C/c2c(C)[nH][n+](-c3ccccc3)c2C)[nH]n1. The average molecular weight is 415 g/mol. The van der Waals surface area contributed by atoms with Crippen molar-refractivity contribution < 1.29 is 14.2 Å². The summed E-state index contributed by atoms with van der Waals surface area (Å²) in [5.41, 5.74) is 8.13. The van der Waals surface area contributed by atoms with E-state index in [1.54, 1.807) is 19.4 Å². The molecule has 0 fully saturated rings. The van der Waals surface area contributed by atoms with Gasteiger partial charge in [0.1, 0.15) is 11.4 Å². The predicted molar refractivity (Wildman–Crippen MR) is 117 cm³/mol. The fourth-order valence-electron chi connectivity index (χ4n) is 3.38. The number of aryl methyl sites for hydroxylation is 1. The molecule has 0 radical (unpaired) electrons. The van der Waals surface area contributed by atoms with Crippen molar-refractivity contribution in [3.8, 4) is 22.7 Å². The molecule has 0 aliphatic rings. The summed E-state index contributed by atoms with van der Waals surface area (Å²) in [5.74, 6) is 0.302. The van der Waals surface area contributed by atoms with Crippen LogP contribution in [0.2, 0.25) is 0 Å². The highest BCUT2D eigenvalue weighted by Crippen LogP contribution is 2.28. The number of nitrogens with zero attached hydrogens (tertiary/aromatic N) is 3. The number of carbonyl (C=O) groups excluding carboxylic acids is 1. The van der Waals surface area contributed by atoms with Gasteiger partial charge in [-0.05, 0) is 25.1 Å². The van der Waals surface area contributed by atoms with E-state index in [4.69, 9.17) is 4.74 Å². The van der Waals surface area contributed by atoms with Gasteiger partial charge in [0.05, 0.1) is 30.3 Å². The molecular formula is C23H23N6O2+. The summed E-state index contributed by atoms with van der Waals surface area (Å²) in [6.45, 7) is 3.96. The van der Waals surface area contributed by atoms with Gasteiger partial charge >= 0.3 is 0 Å². The first-order valence-electron chi connectivity index (χ1n) is 9.77. The second kappa shape index (κ2) is 8.66. The molecule has 0 saturated heterocycles. The van der Waals surface area contributed by atoms with Crippen LogP contribution in [-0.2, 0) is 0 Å². The molecule has 0 saturated carbocycles. The first-order valence-corrected chi connectivity index (χ1v) is 9.77. The minimum atomic E-state index is -0.383. The summed E-state index contributed by atoms with van der Waals surface area (Å²) in [6, 6.07) is 19.1. The molecule has 8 heteroatoms. The Morgan fingerprint density at radius 1 is 1.13 bits per heavy atom. The van der Waals surface area contributed by atoms with Gasteiger partial charge in [-0.2, -0.15) is 15.3 Å². The average Bonchev–Trinajstić information content (AvgIpc) is 3.40. The molecule has 2 heterocycles. The Morgan fingerprint density at radius 3 is 2.65 bits per heavy atom. The Balaban J connectivity index is 1.49. The van der Waals surface area contributed by atoms with Crippen molar-refractivity contribution in [3.05, 3.63) is 83.3 Å². The van der Waals surface area contributed by atoms with E-state index >= 15 is 0 Å². The molecule has 0 atom stereocenters. The molecule has 4 aromatic rings. The Hall–Kier alpha value is -4.20. The lowest BCUT2D eigenvalue weighted by atomic mass is 10.1. The van der Waals surface area contributed by atoms with E-state index in [9.17, 15) is 4.79 Å². The zero-order valence-corrected chi connectivity index (χ0v) is 17.5. The highest BCUT2D eigenvalue weighted by Gasteiger charge is 2.20. The maximum absolute atomic E-state index is 12.5. The van der Waals surface area contributed by atoms with Gasteiger partial charge in [0.25, 0.3) is 5.91 Å². The summed E-state index contributed by atoms with van der Waals surface area (Å²) in [7, 11) is 1.60. The van der Waals surface area contributed by atoms with Gasteiger partial charge in [-0.15, -0.1) is 0 Å². The zero-order valence-electron chi connectivity index (χ0n) is 17.5. The number of ether oxygens (including phenoxy) is 1. The lowest BCUT2D eigenvalue weighted by Crippen LogP contribution is -2.35. The van der Waals surface area contributed by atoms with Crippen LogP contribution in [0, 0.1) is 13.8 Å². The van der Waals surface area contributed by atoms with E-state index in [1.165, 1.54) is 0 Å². The number of carbonyl (C=O) groups is 1. The third-order valence-electron chi connectivity index (χ3n) is 4.99. The van der Waals surface area contributed by atoms with Crippen LogP contribution >= 0.6 is 0 Å². The van der Waals surface area contributed by atoms with Crippen molar-refractivity contribution in [2.45, 2.75) is 13.8 Å². The van der Waals surface area contributed by atoms with Gasteiger partial charge in [0.15, 0.2) is 0 Å². The normalized spacial score (nSPS) is 11.1. The van der Waals surface area contributed by atoms with Crippen LogP contribution < -0.4 is 14.8 Å². The van der Waals surface area contributed by atoms with E-state index < -0.39 is 0 Å². The fraction of sp³-hybridized carbons (Fsp3) is 0.130. The fourth-order valence-corrected chi connectivity index (χ4v) is 3.38. The summed E-state index contributed by atoms with van der Waals surface area (Å²) >= 11 is 0. The van der Waals surface area contributed by atoms with Crippen molar-refractivity contribution in [1.82, 2.24) is 20.7 Å². The Labute approximate surface area is 179 Å². The number of amides is 1. The Morgan fingerprint density at radius 2 is 1.87 bits per heavy atom. The Bertz CT molecular complexity index is 1240. The molecule has 156 valence electrons. The molecule has 3 N–H and O–H groups in total. The van der Waals surface area contributed by atoms with E-state index in [-0.39, 0.29) is 5.91 Å². The number of methoxy groups -OCH3 is 1. The minimum Gasteiger partial charge on any atom is -0.496 e. The zero-order chi connectivity index (χ0) is 21.8. The number of hydrogen-bond donors (Lipinski definition) is 3. The molecule has 8 nitrogen and oxygen atoms in total. The first-order chi connectivity index (χ1) is 15.1. The van der Waals surface area contributed by atoms with Crippen molar-refractivity contribution in [2.75, 3.05) is 7.11 Å². The Kier molecular flexibility index (Phi) is 5.61. The molecule has 0 bridgehead atoms. The number of H-pyrrole nitrogens is 2.